The van der Waals surface area contributed by atoms with Crippen molar-refractivity contribution < 1.29 is 0 Å². The summed E-state index contributed by atoms with van der Waals surface area (Å²) in [6.45, 7) is 9.48. The third-order valence-electron chi connectivity index (χ3n) is 3.53. The van der Waals surface area contributed by atoms with Crippen molar-refractivity contribution in [2.45, 2.75) is 38.0 Å². The van der Waals surface area contributed by atoms with E-state index >= 15 is 0 Å². The van der Waals surface area contributed by atoms with Crippen molar-refractivity contribution in [3.8, 4) is 0 Å². The normalized spacial score (nSPS) is 10.7. The number of thiol groups is 1. The van der Waals surface area contributed by atoms with Crippen LogP contribution in [0.15, 0.2) is 35.7 Å². The molecule has 0 unspecified atom stereocenters. The van der Waals surface area contributed by atoms with E-state index in [1.165, 1.54) is 24.1 Å². The summed E-state index contributed by atoms with van der Waals surface area (Å²) in [7, 11) is 2.18. The Morgan fingerprint density at radius 3 is 2.56 bits per heavy atom. The minimum atomic E-state index is 0.766. The van der Waals surface area contributed by atoms with Gasteiger partial charge in [0.1, 0.15) is 0 Å². The minimum absolute atomic E-state index is 0.766. The second kappa shape index (κ2) is 7.52. The molecule has 100 valence electrons. The highest BCUT2D eigenvalue weighted by atomic mass is 32.1. The van der Waals surface area contributed by atoms with Crippen LogP contribution in [0.5, 0.6) is 0 Å². The smallest absolute Gasteiger partial charge is 0.0400 e. The van der Waals surface area contributed by atoms with Gasteiger partial charge >= 0.3 is 0 Å². The zero-order valence-corrected chi connectivity index (χ0v) is 12.7. The molecular weight excluding hydrogens is 238 g/mol. The molecule has 0 bridgehead atoms. The Bertz CT molecular complexity index is 383. The molecule has 0 amide bonds. The molecule has 0 saturated carbocycles. The third-order valence-corrected chi connectivity index (χ3v) is 3.80. The number of allylic oxidation sites excluding steroid dienone is 1. The maximum Gasteiger partial charge on any atom is 0.0400 e. The molecule has 0 heterocycles. The summed E-state index contributed by atoms with van der Waals surface area (Å²) < 4.78 is 0. The molecule has 0 saturated heterocycles. The fraction of sp³-hybridized carbons (Fsp3) is 0.500. The van der Waals surface area contributed by atoms with Gasteiger partial charge in [0.15, 0.2) is 0 Å². The van der Waals surface area contributed by atoms with Crippen molar-refractivity contribution >= 4 is 18.3 Å². The van der Waals surface area contributed by atoms with Gasteiger partial charge < -0.3 is 4.90 Å². The Hall–Kier alpha value is -0.890. The molecule has 1 nitrogen and oxygen atoms in total. The lowest BCUT2D eigenvalue weighted by Gasteiger charge is -2.26. The maximum absolute atomic E-state index is 4.42. The highest BCUT2D eigenvalue weighted by Crippen LogP contribution is 2.25. The van der Waals surface area contributed by atoms with Crippen molar-refractivity contribution in [2.24, 2.45) is 5.92 Å². The summed E-state index contributed by atoms with van der Waals surface area (Å²) in [5.74, 6) is 0.766. The molecular formula is C16H25NS. The lowest BCUT2D eigenvalue weighted by molar-refractivity contribution is 0.493. The SMILES string of the molecule is C=CCc1cc(S)ccc1N(C)CC(CC)CC. The van der Waals surface area contributed by atoms with E-state index in [2.05, 4.69) is 63.2 Å². The fourth-order valence-electron chi connectivity index (χ4n) is 2.30. The van der Waals surface area contributed by atoms with Gasteiger partial charge in [-0.05, 0) is 36.1 Å². The largest absolute Gasteiger partial charge is 0.374 e. The second-order valence-corrected chi connectivity index (χ2v) is 5.39. The Morgan fingerprint density at radius 1 is 1.33 bits per heavy atom. The molecule has 0 fully saturated rings. The van der Waals surface area contributed by atoms with Crippen LogP contribution in [-0.2, 0) is 6.42 Å². The van der Waals surface area contributed by atoms with Gasteiger partial charge in [0.25, 0.3) is 0 Å². The lowest BCUT2D eigenvalue weighted by atomic mass is 10.0. The molecule has 0 aliphatic heterocycles. The lowest BCUT2D eigenvalue weighted by Crippen LogP contribution is -2.25. The Balaban J connectivity index is 2.89. The first-order chi connectivity index (χ1) is 8.62. The van der Waals surface area contributed by atoms with E-state index in [1.54, 1.807) is 0 Å². The molecule has 18 heavy (non-hydrogen) atoms. The third kappa shape index (κ3) is 4.09. The molecule has 2 heteroatoms. The van der Waals surface area contributed by atoms with E-state index < -0.39 is 0 Å². The van der Waals surface area contributed by atoms with Crippen LogP contribution in [0, 0.1) is 5.92 Å². The van der Waals surface area contributed by atoms with Crippen LogP contribution < -0.4 is 4.90 Å². The quantitative estimate of drug-likeness (QED) is 0.557. The second-order valence-electron chi connectivity index (χ2n) is 4.87. The van der Waals surface area contributed by atoms with Gasteiger partial charge in [0, 0.05) is 24.2 Å². The Labute approximate surface area is 117 Å². The van der Waals surface area contributed by atoms with Crippen LogP contribution in [-0.4, -0.2) is 13.6 Å². The predicted octanol–water partition coefficient (Wildman–Crippen LogP) is 4.58. The number of hydrogen-bond donors (Lipinski definition) is 1. The Kier molecular flexibility index (Phi) is 6.34. The summed E-state index contributed by atoms with van der Waals surface area (Å²) in [6, 6.07) is 6.38. The van der Waals surface area contributed by atoms with E-state index in [0.717, 1.165) is 23.8 Å². The van der Waals surface area contributed by atoms with Crippen LogP contribution in [0.4, 0.5) is 5.69 Å². The monoisotopic (exact) mass is 263 g/mol. The number of nitrogens with zero attached hydrogens (tertiary/aromatic N) is 1. The number of benzene rings is 1. The van der Waals surface area contributed by atoms with Crippen molar-refractivity contribution in [3.05, 3.63) is 36.4 Å². The molecule has 1 aromatic carbocycles. The highest BCUT2D eigenvalue weighted by molar-refractivity contribution is 7.80. The van der Waals surface area contributed by atoms with Crippen molar-refractivity contribution in [3.63, 3.8) is 0 Å². The van der Waals surface area contributed by atoms with Crippen molar-refractivity contribution in [2.75, 3.05) is 18.5 Å². The molecule has 0 N–H and O–H groups in total. The zero-order valence-electron chi connectivity index (χ0n) is 11.8. The van der Waals surface area contributed by atoms with Gasteiger partial charge in [-0.1, -0.05) is 32.8 Å². The average Bonchev–Trinajstić information content (AvgIpc) is 2.36. The van der Waals surface area contributed by atoms with Gasteiger partial charge in [-0.2, -0.15) is 0 Å². The molecule has 0 atom stereocenters. The standard InChI is InChI=1S/C16H25NS/c1-5-8-14-11-15(18)9-10-16(14)17(4)12-13(6-2)7-3/h5,9-11,13,18H,1,6-8,12H2,2-4H3. The fourth-order valence-corrected chi connectivity index (χ4v) is 2.53. The first kappa shape index (κ1) is 15.2. The number of hydrogen-bond acceptors (Lipinski definition) is 2. The van der Waals surface area contributed by atoms with Gasteiger partial charge in [0.2, 0.25) is 0 Å². The molecule has 0 radical (unpaired) electrons. The average molecular weight is 263 g/mol. The Morgan fingerprint density at radius 2 is 2.00 bits per heavy atom. The topological polar surface area (TPSA) is 3.24 Å². The highest BCUT2D eigenvalue weighted by Gasteiger charge is 2.11. The van der Waals surface area contributed by atoms with E-state index in [1.807, 2.05) is 6.08 Å². The summed E-state index contributed by atoms with van der Waals surface area (Å²) in [5.41, 5.74) is 2.62. The van der Waals surface area contributed by atoms with Crippen LogP contribution in [0.2, 0.25) is 0 Å². The summed E-state index contributed by atoms with van der Waals surface area (Å²) in [6.07, 6.45) is 5.33. The van der Waals surface area contributed by atoms with Crippen LogP contribution in [0.1, 0.15) is 32.3 Å². The number of anilines is 1. The van der Waals surface area contributed by atoms with Gasteiger partial charge in [-0.25, -0.2) is 0 Å². The van der Waals surface area contributed by atoms with Gasteiger partial charge in [-0.15, -0.1) is 19.2 Å². The molecule has 0 aromatic heterocycles. The first-order valence-electron chi connectivity index (χ1n) is 6.76. The minimum Gasteiger partial charge on any atom is -0.374 e. The van der Waals surface area contributed by atoms with Crippen molar-refractivity contribution in [1.29, 1.82) is 0 Å². The summed E-state index contributed by atoms with van der Waals surface area (Å²) in [4.78, 5) is 3.38. The van der Waals surface area contributed by atoms with E-state index in [0.29, 0.717) is 0 Å². The summed E-state index contributed by atoms with van der Waals surface area (Å²) >= 11 is 4.42. The van der Waals surface area contributed by atoms with Crippen LogP contribution >= 0.6 is 12.6 Å². The molecule has 1 aromatic rings. The van der Waals surface area contributed by atoms with Crippen molar-refractivity contribution in [1.82, 2.24) is 0 Å². The van der Waals surface area contributed by atoms with Gasteiger partial charge in [-0.3, -0.25) is 0 Å². The number of rotatable bonds is 7. The molecule has 1 rings (SSSR count). The van der Waals surface area contributed by atoms with E-state index in [-0.39, 0.29) is 0 Å². The molecule has 0 spiro atoms. The maximum atomic E-state index is 4.42. The summed E-state index contributed by atoms with van der Waals surface area (Å²) in [5, 5.41) is 0. The van der Waals surface area contributed by atoms with E-state index in [9.17, 15) is 0 Å². The molecule has 0 aliphatic rings. The first-order valence-corrected chi connectivity index (χ1v) is 7.20. The van der Waals surface area contributed by atoms with Gasteiger partial charge in [0.05, 0.1) is 0 Å². The predicted molar refractivity (Wildman–Crippen MR) is 84.9 cm³/mol. The molecule has 0 aliphatic carbocycles. The van der Waals surface area contributed by atoms with Crippen LogP contribution in [0.25, 0.3) is 0 Å². The van der Waals surface area contributed by atoms with Crippen LogP contribution in [0.3, 0.4) is 0 Å². The van der Waals surface area contributed by atoms with E-state index in [4.69, 9.17) is 0 Å². The zero-order chi connectivity index (χ0) is 13.5.